The summed E-state index contributed by atoms with van der Waals surface area (Å²) in [7, 11) is 3.21. The monoisotopic (exact) mass is 232 g/mol. The van der Waals surface area contributed by atoms with E-state index in [1.165, 1.54) is 0 Å². The maximum absolute atomic E-state index is 5.40. The molecule has 0 bridgehead atoms. The van der Waals surface area contributed by atoms with Crippen molar-refractivity contribution in [1.82, 2.24) is 0 Å². The quantitative estimate of drug-likeness (QED) is 0.784. The van der Waals surface area contributed by atoms with Crippen molar-refractivity contribution in [1.29, 1.82) is 0 Å². The minimum absolute atomic E-state index is 0. The molecule has 0 radical (unpaired) electrons. The molecule has 0 saturated carbocycles. The van der Waals surface area contributed by atoms with E-state index in [0.717, 1.165) is 11.3 Å². The first-order chi connectivity index (χ1) is 7.78. The molecule has 0 aliphatic heterocycles. The molecule has 98 valence electrons. The summed E-state index contributed by atoms with van der Waals surface area (Å²) in [6.45, 7) is 4.91. The fraction of sp³-hybridized carbons (Fsp3) is 0.500. The zero-order valence-electron chi connectivity index (χ0n) is 10.7. The Morgan fingerprint density at radius 2 is 1.50 bits per heavy atom. The Morgan fingerprint density at radius 3 is 1.75 bits per heavy atom. The first kappa shape index (κ1) is 17.3. The molecule has 0 atom stereocenters. The number of methoxy groups -OCH3 is 2. The largest absolute Gasteiger partial charge is 0.497 e. The second-order valence-corrected chi connectivity index (χ2v) is 2.51. The molecule has 0 spiro atoms. The number of benzene rings is 1. The van der Waals surface area contributed by atoms with Crippen LogP contribution in [0.2, 0.25) is 0 Å². The van der Waals surface area contributed by atoms with Gasteiger partial charge in [0.05, 0.1) is 13.8 Å². The van der Waals surface area contributed by atoms with Gasteiger partial charge < -0.3 is 20.9 Å². The predicted octanol–water partition coefficient (Wildman–Crippen LogP) is 2.22. The first-order valence-electron chi connectivity index (χ1n) is 5.30. The molecule has 0 aromatic heterocycles. The fourth-order valence-electron chi connectivity index (χ4n) is 0.762. The number of hydrogen-bond donors (Lipinski definition) is 2. The van der Waals surface area contributed by atoms with E-state index in [1.807, 2.05) is 38.1 Å². The van der Waals surface area contributed by atoms with Crippen LogP contribution in [0.15, 0.2) is 24.3 Å². The third-order valence-electron chi connectivity index (χ3n) is 1.56. The van der Waals surface area contributed by atoms with Gasteiger partial charge in [0.25, 0.3) is 0 Å². The normalized spacial score (nSPS) is 8.12. The molecular formula is C12H28N2O2. The highest BCUT2D eigenvalue weighted by Crippen LogP contribution is 2.10. The standard InChI is InChI=1S/C8H11NO.C2H7NO.C2H6.2H2/c1-10-8-4-2-7(6-9)3-5-8;1-4-2-3;1-2;;/h2-5H,6,9H2,1H3;2-3H2,1H3;1-2H3;2*1H. The van der Waals surface area contributed by atoms with Crippen molar-refractivity contribution in [3.63, 3.8) is 0 Å². The molecule has 0 unspecified atom stereocenters. The molecule has 0 fully saturated rings. The van der Waals surface area contributed by atoms with Crippen LogP contribution in [0.1, 0.15) is 22.3 Å². The van der Waals surface area contributed by atoms with Gasteiger partial charge in [-0.3, -0.25) is 0 Å². The fourth-order valence-corrected chi connectivity index (χ4v) is 0.762. The highest BCUT2D eigenvalue weighted by Gasteiger charge is 1.89. The van der Waals surface area contributed by atoms with Crippen LogP contribution < -0.4 is 16.2 Å². The Morgan fingerprint density at radius 1 is 1.06 bits per heavy atom. The lowest BCUT2D eigenvalue weighted by atomic mass is 10.2. The molecule has 4 heteroatoms. The van der Waals surface area contributed by atoms with Crippen molar-refractivity contribution in [3.8, 4) is 5.75 Å². The van der Waals surface area contributed by atoms with E-state index in [1.54, 1.807) is 14.2 Å². The number of nitrogens with two attached hydrogens (primary N) is 2. The molecule has 0 heterocycles. The minimum Gasteiger partial charge on any atom is -0.497 e. The number of ether oxygens (including phenoxy) is 2. The van der Waals surface area contributed by atoms with Crippen molar-refractivity contribution < 1.29 is 12.3 Å². The van der Waals surface area contributed by atoms with Crippen molar-refractivity contribution in [2.75, 3.05) is 21.0 Å². The summed E-state index contributed by atoms with van der Waals surface area (Å²) in [6.07, 6.45) is 0. The summed E-state index contributed by atoms with van der Waals surface area (Å²) in [4.78, 5) is 0. The smallest absolute Gasteiger partial charge is 0.118 e. The average molecular weight is 232 g/mol. The molecule has 4 nitrogen and oxygen atoms in total. The van der Waals surface area contributed by atoms with E-state index in [4.69, 9.17) is 16.2 Å². The van der Waals surface area contributed by atoms with E-state index >= 15 is 0 Å². The highest BCUT2D eigenvalue weighted by molar-refractivity contribution is 5.26. The van der Waals surface area contributed by atoms with Crippen molar-refractivity contribution >= 4 is 0 Å². The summed E-state index contributed by atoms with van der Waals surface area (Å²) >= 11 is 0. The molecule has 1 rings (SSSR count). The Bertz CT molecular complexity index is 209. The van der Waals surface area contributed by atoms with Gasteiger partial charge in [-0.1, -0.05) is 26.0 Å². The van der Waals surface area contributed by atoms with Crippen LogP contribution in [-0.4, -0.2) is 21.0 Å². The lowest BCUT2D eigenvalue weighted by Gasteiger charge is -1.99. The summed E-state index contributed by atoms with van der Waals surface area (Å²) < 4.78 is 9.29. The van der Waals surface area contributed by atoms with Gasteiger partial charge in [0.1, 0.15) is 5.75 Å². The molecule has 0 aliphatic carbocycles. The number of hydrogen-bond acceptors (Lipinski definition) is 4. The summed E-state index contributed by atoms with van der Waals surface area (Å²) in [5, 5.41) is 0. The van der Waals surface area contributed by atoms with Crippen LogP contribution in [0.5, 0.6) is 5.75 Å². The van der Waals surface area contributed by atoms with E-state index in [2.05, 4.69) is 4.74 Å². The van der Waals surface area contributed by atoms with E-state index in [-0.39, 0.29) is 2.85 Å². The molecule has 1 aromatic rings. The highest BCUT2D eigenvalue weighted by atomic mass is 16.5. The lowest BCUT2D eigenvalue weighted by molar-refractivity contribution is 0.207. The summed E-state index contributed by atoms with van der Waals surface area (Å²) in [5.41, 5.74) is 11.3. The van der Waals surface area contributed by atoms with Crippen LogP contribution >= 0.6 is 0 Å². The Hall–Kier alpha value is -1.10. The summed E-state index contributed by atoms with van der Waals surface area (Å²) in [6, 6.07) is 7.72. The lowest BCUT2D eigenvalue weighted by Crippen LogP contribution is -1.98. The molecule has 1 aromatic carbocycles. The van der Waals surface area contributed by atoms with Crippen LogP contribution in [0.4, 0.5) is 0 Å². The van der Waals surface area contributed by atoms with Crippen molar-refractivity contribution in [2.24, 2.45) is 11.5 Å². The molecular weight excluding hydrogens is 204 g/mol. The molecule has 16 heavy (non-hydrogen) atoms. The van der Waals surface area contributed by atoms with Gasteiger partial charge in [-0.2, -0.15) is 0 Å². The zero-order chi connectivity index (χ0) is 12.8. The first-order valence-corrected chi connectivity index (χ1v) is 5.30. The Balaban J connectivity index is -0.000000107. The summed E-state index contributed by atoms with van der Waals surface area (Å²) in [5.74, 6) is 0.872. The van der Waals surface area contributed by atoms with Crippen LogP contribution in [0.25, 0.3) is 0 Å². The van der Waals surface area contributed by atoms with Gasteiger partial charge >= 0.3 is 0 Å². The predicted molar refractivity (Wildman–Crippen MR) is 72.5 cm³/mol. The van der Waals surface area contributed by atoms with Crippen molar-refractivity contribution in [2.45, 2.75) is 20.4 Å². The van der Waals surface area contributed by atoms with Crippen LogP contribution in [0.3, 0.4) is 0 Å². The van der Waals surface area contributed by atoms with Gasteiger partial charge in [0.2, 0.25) is 0 Å². The number of rotatable bonds is 3. The second-order valence-electron chi connectivity index (χ2n) is 2.51. The Labute approximate surface area is 102 Å². The van der Waals surface area contributed by atoms with Gasteiger partial charge in [-0.05, 0) is 17.7 Å². The van der Waals surface area contributed by atoms with E-state index < -0.39 is 0 Å². The maximum atomic E-state index is 5.40. The van der Waals surface area contributed by atoms with Gasteiger partial charge in [-0.25, -0.2) is 0 Å². The van der Waals surface area contributed by atoms with Gasteiger partial charge in [0, 0.05) is 16.5 Å². The minimum atomic E-state index is 0. The third kappa shape index (κ3) is 9.45. The average Bonchev–Trinajstić information content (AvgIpc) is 2.41. The second kappa shape index (κ2) is 13.9. The molecule has 4 N–H and O–H groups in total. The maximum Gasteiger partial charge on any atom is 0.118 e. The zero-order valence-corrected chi connectivity index (χ0v) is 10.7. The molecule has 0 aliphatic rings. The molecule has 0 amide bonds. The van der Waals surface area contributed by atoms with Gasteiger partial charge in [0.15, 0.2) is 0 Å². The third-order valence-corrected chi connectivity index (χ3v) is 1.56. The van der Waals surface area contributed by atoms with Crippen LogP contribution in [-0.2, 0) is 11.3 Å². The Kier molecular flexibility index (Phi) is 15.0. The van der Waals surface area contributed by atoms with Crippen LogP contribution in [0, 0.1) is 0 Å². The van der Waals surface area contributed by atoms with Gasteiger partial charge in [-0.15, -0.1) is 0 Å². The SMILES string of the molecule is CC.COCN.COc1ccc(CN)cc1.[HH].[HH]. The van der Waals surface area contributed by atoms with Crippen molar-refractivity contribution in [3.05, 3.63) is 29.8 Å². The van der Waals surface area contributed by atoms with E-state index in [9.17, 15) is 0 Å². The molecule has 0 saturated heterocycles. The topological polar surface area (TPSA) is 70.5 Å². The van der Waals surface area contributed by atoms with E-state index in [0.29, 0.717) is 13.3 Å².